The van der Waals surface area contributed by atoms with E-state index in [0.29, 0.717) is 12.6 Å². The standard InChI is InChI=1S/C9H15N3O2/c1-5-7(8(10)11-14)4-12(9(5)13)6-2-3-6/h5-7,14H,2-4H2,1H3,(H2,10,11)/t5-,7+/m0/s1. The van der Waals surface area contributed by atoms with Crippen LogP contribution in [0.4, 0.5) is 0 Å². The molecule has 0 radical (unpaired) electrons. The molecule has 0 aromatic heterocycles. The van der Waals surface area contributed by atoms with Crippen molar-refractivity contribution in [1.82, 2.24) is 4.90 Å². The van der Waals surface area contributed by atoms with Gasteiger partial charge in [-0.15, -0.1) is 0 Å². The Balaban J connectivity index is 2.12. The zero-order valence-electron chi connectivity index (χ0n) is 8.18. The molecule has 2 atom stereocenters. The maximum Gasteiger partial charge on any atom is 0.226 e. The Kier molecular flexibility index (Phi) is 2.09. The number of nitrogens with zero attached hydrogens (tertiary/aromatic N) is 2. The Morgan fingerprint density at radius 2 is 2.29 bits per heavy atom. The molecule has 1 aliphatic heterocycles. The predicted octanol–water partition coefficient (Wildman–Crippen LogP) is -0.0103. The van der Waals surface area contributed by atoms with Crippen molar-refractivity contribution in [2.75, 3.05) is 6.54 Å². The molecule has 0 spiro atoms. The summed E-state index contributed by atoms with van der Waals surface area (Å²) >= 11 is 0. The molecule has 5 nitrogen and oxygen atoms in total. The second-order valence-electron chi connectivity index (χ2n) is 4.14. The summed E-state index contributed by atoms with van der Waals surface area (Å²) in [7, 11) is 0. The zero-order chi connectivity index (χ0) is 10.3. The van der Waals surface area contributed by atoms with E-state index < -0.39 is 0 Å². The van der Waals surface area contributed by atoms with Crippen molar-refractivity contribution in [3.63, 3.8) is 0 Å². The van der Waals surface area contributed by atoms with Crippen molar-refractivity contribution < 1.29 is 10.0 Å². The van der Waals surface area contributed by atoms with E-state index in [0.717, 1.165) is 12.8 Å². The molecule has 3 N–H and O–H groups in total. The zero-order valence-corrected chi connectivity index (χ0v) is 8.18. The number of hydrogen-bond acceptors (Lipinski definition) is 3. The minimum Gasteiger partial charge on any atom is -0.409 e. The van der Waals surface area contributed by atoms with Gasteiger partial charge in [0.25, 0.3) is 0 Å². The Morgan fingerprint density at radius 3 is 2.79 bits per heavy atom. The number of oxime groups is 1. The lowest BCUT2D eigenvalue weighted by Crippen LogP contribution is -2.30. The van der Waals surface area contributed by atoms with Gasteiger partial charge in [-0.2, -0.15) is 0 Å². The summed E-state index contributed by atoms with van der Waals surface area (Å²) in [6, 6.07) is 0.418. The molecule has 1 saturated carbocycles. The van der Waals surface area contributed by atoms with E-state index in [4.69, 9.17) is 10.9 Å². The maximum absolute atomic E-state index is 11.8. The summed E-state index contributed by atoms with van der Waals surface area (Å²) in [6.07, 6.45) is 2.20. The average molecular weight is 197 g/mol. The van der Waals surface area contributed by atoms with Crippen molar-refractivity contribution in [1.29, 1.82) is 0 Å². The van der Waals surface area contributed by atoms with Crippen LogP contribution in [0.25, 0.3) is 0 Å². The van der Waals surface area contributed by atoms with E-state index in [9.17, 15) is 4.79 Å². The first-order chi connectivity index (χ1) is 6.65. The Labute approximate surface area is 82.6 Å². The van der Waals surface area contributed by atoms with Crippen molar-refractivity contribution in [3.05, 3.63) is 0 Å². The molecule has 14 heavy (non-hydrogen) atoms. The smallest absolute Gasteiger partial charge is 0.226 e. The highest BCUT2D eigenvalue weighted by atomic mass is 16.4. The van der Waals surface area contributed by atoms with Crippen LogP contribution < -0.4 is 5.73 Å². The van der Waals surface area contributed by atoms with Gasteiger partial charge in [0.05, 0.1) is 0 Å². The number of nitrogens with two attached hydrogens (primary N) is 1. The average Bonchev–Trinajstić information content (AvgIpc) is 2.97. The first-order valence-corrected chi connectivity index (χ1v) is 4.93. The van der Waals surface area contributed by atoms with Crippen LogP contribution in [0.15, 0.2) is 5.16 Å². The van der Waals surface area contributed by atoms with Crippen LogP contribution in [0.5, 0.6) is 0 Å². The van der Waals surface area contributed by atoms with Gasteiger partial charge >= 0.3 is 0 Å². The number of hydrogen-bond donors (Lipinski definition) is 2. The summed E-state index contributed by atoms with van der Waals surface area (Å²) < 4.78 is 0. The van der Waals surface area contributed by atoms with E-state index in [1.54, 1.807) is 0 Å². The van der Waals surface area contributed by atoms with Crippen LogP contribution >= 0.6 is 0 Å². The molecule has 0 unspecified atom stereocenters. The van der Waals surface area contributed by atoms with Gasteiger partial charge in [-0.25, -0.2) is 0 Å². The van der Waals surface area contributed by atoms with Crippen LogP contribution in [-0.4, -0.2) is 34.4 Å². The number of likely N-dealkylation sites (tertiary alicyclic amines) is 1. The predicted molar refractivity (Wildman–Crippen MR) is 50.8 cm³/mol. The number of amides is 1. The monoisotopic (exact) mass is 197 g/mol. The normalized spacial score (nSPS) is 33.9. The van der Waals surface area contributed by atoms with Crippen LogP contribution in [0.3, 0.4) is 0 Å². The van der Waals surface area contributed by atoms with E-state index in [1.807, 2.05) is 11.8 Å². The number of rotatable bonds is 2. The molecule has 0 aromatic carbocycles. The van der Waals surface area contributed by atoms with Crippen LogP contribution in [-0.2, 0) is 4.79 Å². The van der Waals surface area contributed by atoms with Gasteiger partial charge in [0.1, 0.15) is 5.84 Å². The second kappa shape index (κ2) is 3.15. The minimum absolute atomic E-state index is 0.118. The largest absolute Gasteiger partial charge is 0.409 e. The summed E-state index contributed by atoms with van der Waals surface area (Å²) in [5.41, 5.74) is 5.53. The first-order valence-electron chi connectivity index (χ1n) is 4.93. The minimum atomic E-state index is -0.147. The lowest BCUT2D eigenvalue weighted by atomic mass is 9.97. The van der Waals surface area contributed by atoms with Crippen LogP contribution in [0.1, 0.15) is 19.8 Å². The molecule has 1 amide bonds. The lowest BCUT2D eigenvalue weighted by Gasteiger charge is -2.14. The number of carbonyl (C=O) groups is 1. The van der Waals surface area contributed by atoms with Crippen molar-refractivity contribution in [3.8, 4) is 0 Å². The van der Waals surface area contributed by atoms with Gasteiger partial charge in [0, 0.05) is 24.4 Å². The lowest BCUT2D eigenvalue weighted by molar-refractivity contribution is -0.131. The Morgan fingerprint density at radius 1 is 1.64 bits per heavy atom. The Bertz CT molecular complexity index is 286. The van der Waals surface area contributed by atoms with Crippen molar-refractivity contribution in [2.45, 2.75) is 25.8 Å². The molecule has 0 bridgehead atoms. The van der Waals surface area contributed by atoms with Gasteiger partial charge < -0.3 is 15.8 Å². The molecule has 2 fully saturated rings. The maximum atomic E-state index is 11.8. The molecule has 1 aliphatic carbocycles. The molecule has 5 heteroatoms. The number of carbonyl (C=O) groups excluding carboxylic acids is 1. The van der Waals surface area contributed by atoms with Gasteiger partial charge in [0.15, 0.2) is 0 Å². The van der Waals surface area contributed by atoms with Crippen LogP contribution in [0.2, 0.25) is 0 Å². The van der Waals surface area contributed by atoms with Gasteiger partial charge in [0.2, 0.25) is 5.91 Å². The highest BCUT2D eigenvalue weighted by Gasteiger charge is 2.45. The quantitative estimate of drug-likeness (QED) is 0.283. The molecule has 2 aliphatic rings. The highest BCUT2D eigenvalue weighted by Crippen LogP contribution is 2.35. The fourth-order valence-electron chi connectivity index (χ4n) is 2.03. The topological polar surface area (TPSA) is 78.9 Å². The second-order valence-corrected chi connectivity index (χ2v) is 4.14. The van der Waals surface area contributed by atoms with Crippen molar-refractivity contribution in [2.24, 2.45) is 22.7 Å². The van der Waals surface area contributed by atoms with Gasteiger partial charge in [-0.05, 0) is 12.8 Å². The molecule has 1 saturated heterocycles. The molecule has 78 valence electrons. The van der Waals surface area contributed by atoms with Crippen LogP contribution in [0, 0.1) is 11.8 Å². The van der Waals surface area contributed by atoms with E-state index >= 15 is 0 Å². The highest BCUT2D eigenvalue weighted by molar-refractivity contribution is 5.92. The van der Waals surface area contributed by atoms with Gasteiger partial charge in [-0.3, -0.25) is 4.79 Å². The van der Waals surface area contributed by atoms with Crippen molar-refractivity contribution >= 4 is 11.7 Å². The van der Waals surface area contributed by atoms with Gasteiger partial charge in [-0.1, -0.05) is 12.1 Å². The summed E-state index contributed by atoms with van der Waals surface area (Å²) in [5.74, 6) is 0.0534. The summed E-state index contributed by atoms with van der Waals surface area (Å²) in [5, 5.41) is 11.6. The molecule has 1 heterocycles. The first kappa shape index (κ1) is 9.30. The molecular weight excluding hydrogens is 182 g/mol. The third kappa shape index (κ3) is 1.32. The summed E-state index contributed by atoms with van der Waals surface area (Å²) in [6.45, 7) is 2.45. The van der Waals surface area contributed by atoms with E-state index in [-0.39, 0.29) is 23.6 Å². The molecular formula is C9H15N3O2. The fraction of sp³-hybridized carbons (Fsp3) is 0.778. The third-order valence-corrected chi connectivity index (χ3v) is 3.15. The Hall–Kier alpha value is -1.26. The number of amidine groups is 1. The fourth-order valence-corrected chi connectivity index (χ4v) is 2.03. The summed E-state index contributed by atoms with van der Waals surface area (Å²) in [4.78, 5) is 13.6. The molecule has 0 aromatic rings. The van der Waals surface area contributed by atoms with E-state index in [2.05, 4.69) is 5.16 Å². The third-order valence-electron chi connectivity index (χ3n) is 3.15. The molecule has 2 rings (SSSR count). The van der Waals surface area contributed by atoms with E-state index in [1.165, 1.54) is 0 Å². The SMILES string of the molecule is C[C@@H]1C(=O)N(C2CC2)C[C@H]1C(N)=NO.